The van der Waals surface area contributed by atoms with Crippen molar-refractivity contribution in [2.45, 2.75) is 39.3 Å². The monoisotopic (exact) mass is 245 g/mol. The lowest BCUT2D eigenvalue weighted by atomic mass is 9.99. The number of aryl methyl sites for hydroxylation is 1. The number of fused-ring (bicyclic) bond motifs is 1. The Labute approximate surface area is 107 Å². The number of hydrogen-bond donors (Lipinski definition) is 2. The predicted molar refractivity (Wildman–Crippen MR) is 73.7 cm³/mol. The van der Waals surface area contributed by atoms with Gasteiger partial charge in [0.1, 0.15) is 5.82 Å². The number of para-hydroxylation sites is 2. The fourth-order valence-electron chi connectivity index (χ4n) is 1.62. The first-order chi connectivity index (χ1) is 8.40. The fraction of sp³-hybridized carbons (Fsp3) is 0.429. The third-order valence-corrected chi connectivity index (χ3v) is 3.23. The van der Waals surface area contributed by atoms with Crippen molar-refractivity contribution >= 4 is 16.9 Å². The molecule has 0 fully saturated rings. The van der Waals surface area contributed by atoms with E-state index in [0.29, 0.717) is 0 Å². The molecule has 1 heterocycles. The van der Waals surface area contributed by atoms with E-state index in [4.69, 9.17) is 0 Å². The largest absolute Gasteiger partial charge is 0.391 e. The topological polar surface area (TPSA) is 58.0 Å². The summed E-state index contributed by atoms with van der Waals surface area (Å²) in [7, 11) is 0. The molecule has 1 aromatic heterocycles. The molecule has 0 saturated heterocycles. The molecule has 2 aromatic rings. The smallest absolute Gasteiger partial charge is 0.148 e. The summed E-state index contributed by atoms with van der Waals surface area (Å²) in [5.74, 6) is 0.722. The van der Waals surface area contributed by atoms with Crippen LogP contribution in [0, 0.1) is 6.92 Å². The Kier molecular flexibility index (Phi) is 3.22. The van der Waals surface area contributed by atoms with E-state index >= 15 is 0 Å². The number of aliphatic hydroxyl groups excluding tert-OH is 1. The number of hydrogen-bond acceptors (Lipinski definition) is 4. The molecule has 0 aliphatic rings. The van der Waals surface area contributed by atoms with Crippen molar-refractivity contribution in [1.82, 2.24) is 9.97 Å². The Morgan fingerprint density at radius 3 is 2.28 bits per heavy atom. The molecule has 4 heteroatoms. The number of benzene rings is 1. The Hall–Kier alpha value is -1.68. The summed E-state index contributed by atoms with van der Waals surface area (Å²) < 4.78 is 0. The average molecular weight is 245 g/mol. The second-order valence-electron chi connectivity index (χ2n) is 5.17. The van der Waals surface area contributed by atoms with Gasteiger partial charge in [0.2, 0.25) is 0 Å². The summed E-state index contributed by atoms with van der Waals surface area (Å²) >= 11 is 0. The van der Waals surface area contributed by atoms with Crippen molar-refractivity contribution in [2.75, 3.05) is 5.32 Å². The third-order valence-electron chi connectivity index (χ3n) is 3.23. The molecule has 2 rings (SSSR count). The molecule has 0 amide bonds. The zero-order chi connectivity index (χ0) is 13.3. The van der Waals surface area contributed by atoms with Crippen LogP contribution in [-0.4, -0.2) is 26.7 Å². The highest BCUT2D eigenvalue weighted by Crippen LogP contribution is 2.21. The van der Waals surface area contributed by atoms with Crippen LogP contribution in [0.3, 0.4) is 0 Å². The minimum Gasteiger partial charge on any atom is -0.391 e. The molecule has 1 aromatic carbocycles. The summed E-state index contributed by atoms with van der Waals surface area (Å²) in [5.41, 5.74) is 2.13. The molecule has 0 spiro atoms. The lowest BCUT2D eigenvalue weighted by Crippen LogP contribution is -2.42. The molecular formula is C14H19N3O. The van der Waals surface area contributed by atoms with Crippen LogP contribution >= 0.6 is 0 Å². The van der Waals surface area contributed by atoms with Crippen LogP contribution in [0.2, 0.25) is 0 Å². The molecule has 0 aliphatic heterocycles. The van der Waals surface area contributed by atoms with Gasteiger partial charge in [-0.3, -0.25) is 0 Å². The maximum atomic E-state index is 9.73. The van der Waals surface area contributed by atoms with Crippen LogP contribution in [0.25, 0.3) is 11.0 Å². The van der Waals surface area contributed by atoms with Crippen LogP contribution in [0.15, 0.2) is 24.3 Å². The van der Waals surface area contributed by atoms with Gasteiger partial charge in [0, 0.05) is 0 Å². The zero-order valence-electron chi connectivity index (χ0n) is 11.2. The molecule has 0 aliphatic carbocycles. The van der Waals surface area contributed by atoms with Crippen molar-refractivity contribution in [1.29, 1.82) is 0 Å². The summed E-state index contributed by atoms with van der Waals surface area (Å²) in [6.07, 6.45) is -0.481. The van der Waals surface area contributed by atoms with Crippen LogP contribution in [0.1, 0.15) is 26.5 Å². The molecule has 18 heavy (non-hydrogen) atoms. The van der Waals surface area contributed by atoms with Gasteiger partial charge in [-0.15, -0.1) is 0 Å². The van der Waals surface area contributed by atoms with E-state index in [9.17, 15) is 5.11 Å². The fourth-order valence-corrected chi connectivity index (χ4v) is 1.62. The lowest BCUT2D eigenvalue weighted by molar-refractivity contribution is 0.133. The van der Waals surface area contributed by atoms with Gasteiger partial charge in [-0.25, -0.2) is 9.97 Å². The first-order valence-electron chi connectivity index (χ1n) is 6.10. The van der Waals surface area contributed by atoms with Crippen molar-refractivity contribution in [3.63, 3.8) is 0 Å². The van der Waals surface area contributed by atoms with Crippen molar-refractivity contribution in [3.05, 3.63) is 30.0 Å². The lowest BCUT2D eigenvalue weighted by Gasteiger charge is -2.30. The number of anilines is 1. The van der Waals surface area contributed by atoms with Gasteiger partial charge in [-0.05, 0) is 39.8 Å². The predicted octanol–water partition coefficient (Wildman–Crippen LogP) is 2.51. The van der Waals surface area contributed by atoms with Crippen molar-refractivity contribution in [2.24, 2.45) is 0 Å². The Balaban J connectivity index is 2.42. The van der Waals surface area contributed by atoms with Crippen LogP contribution in [0.5, 0.6) is 0 Å². The van der Waals surface area contributed by atoms with E-state index in [1.54, 1.807) is 6.92 Å². The highest BCUT2D eigenvalue weighted by molar-refractivity contribution is 5.76. The molecule has 4 nitrogen and oxygen atoms in total. The number of nitrogens with zero attached hydrogens (tertiary/aromatic N) is 2. The molecule has 96 valence electrons. The summed E-state index contributed by atoms with van der Waals surface area (Å²) in [6.45, 7) is 7.55. The zero-order valence-corrected chi connectivity index (χ0v) is 11.2. The van der Waals surface area contributed by atoms with E-state index in [-0.39, 0.29) is 0 Å². The maximum Gasteiger partial charge on any atom is 0.148 e. The maximum absolute atomic E-state index is 9.73. The molecule has 1 unspecified atom stereocenters. The van der Waals surface area contributed by atoms with Gasteiger partial charge in [-0.2, -0.15) is 0 Å². The van der Waals surface area contributed by atoms with E-state index in [2.05, 4.69) is 15.3 Å². The number of rotatable bonds is 3. The van der Waals surface area contributed by atoms with Crippen LogP contribution in [0.4, 0.5) is 5.82 Å². The second kappa shape index (κ2) is 4.53. The average Bonchev–Trinajstić information content (AvgIpc) is 2.29. The number of aromatic nitrogens is 2. The Morgan fingerprint density at radius 2 is 1.72 bits per heavy atom. The Bertz CT molecular complexity index is 564. The van der Waals surface area contributed by atoms with Crippen LogP contribution in [-0.2, 0) is 0 Å². The SMILES string of the molecule is Cc1nc2ccccc2nc1NC(C)(C)C(C)O. The second-order valence-corrected chi connectivity index (χ2v) is 5.17. The molecule has 0 radical (unpaired) electrons. The van der Waals surface area contributed by atoms with E-state index in [0.717, 1.165) is 22.5 Å². The normalized spacial score (nSPS) is 13.6. The first kappa shape index (κ1) is 12.8. The standard InChI is InChI=1S/C14H19N3O/c1-9-13(17-14(3,4)10(2)18)16-12-8-6-5-7-11(12)15-9/h5-8,10,18H,1-4H3,(H,16,17). The van der Waals surface area contributed by atoms with Gasteiger partial charge in [0.05, 0.1) is 28.4 Å². The van der Waals surface area contributed by atoms with Gasteiger partial charge >= 0.3 is 0 Å². The minimum absolute atomic E-state index is 0.443. The quantitative estimate of drug-likeness (QED) is 0.872. The molecule has 0 saturated carbocycles. The summed E-state index contributed by atoms with van der Waals surface area (Å²) in [5, 5.41) is 13.0. The third kappa shape index (κ3) is 2.43. The Morgan fingerprint density at radius 1 is 1.17 bits per heavy atom. The van der Waals surface area contributed by atoms with Crippen molar-refractivity contribution in [3.8, 4) is 0 Å². The summed E-state index contributed by atoms with van der Waals surface area (Å²) in [6, 6.07) is 7.76. The molecule has 0 bridgehead atoms. The highest BCUT2D eigenvalue weighted by atomic mass is 16.3. The van der Waals surface area contributed by atoms with Gasteiger partial charge in [0.25, 0.3) is 0 Å². The van der Waals surface area contributed by atoms with Gasteiger partial charge in [0.15, 0.2) is 0 Å². The molecular weight excluding hydrogens is 226 g/mol. The van der Waals surface area contributed by atoms with Gasteiger partial charge in [-0.1, -0.05) is 12.1 Å². The van der Waals surface area contributed by atoms with Gasteiger partial charge < -0.3 is 10.4 Å². The molecule has 2 N–H and O–H groups in total. The van der Waals surface area contributed by atoms with E-state index in [1.807, 2.05) is 45.0 Å². The summed E-state index contributed by atoms with van der Waals surface area (Å²) in [4.78, 5) is 9.07. The van der Waals surface area contributed by atoms with E-state index < -0.39 is 11.6 Å². The van der Waals surface area contributed by atoms with E-state index in [1.165, 1.54) is 0 Å². The minimum atomic E-state index is -0.481. The molecule has 1 atom stereocenters. The first-order valence-corrected chi connectivity index (χ1v) is 6.10. The highest BCUT2D eigenvalue weighted by Gasteiger charge is 2.25. The number of nitrogens with one attached hydrogen (secondary N) is 1. The van der Waals surface area contributed by atoms with Crippen LogP contribution < -0.4 is 5.32 Å². The van der Waals surface area contributed by atoms with Crippen molar-refractivity contribution < 1.29 is 5.11 Å². The number of aliphatic hydroxyl groups is 1.